The van der Waals surface area contributed by atoms with Crippen LogP contribution in [0.2, 0.25) is 0 Å². The zero-order chi connectivity index (χ0) is 13.1. The predicted octanol–water partition coefficient (Wildman–Crippen LogP) is 1.91. The van der Waals surface area contributed by atoms with E-state index < -0.39 is 0 Å². The lowest BCUT2D eigenvalue weighted by Crippen LogP contribution is -2.29. The first-order valence-electron chi connectivity index (χ1n) is 6.51. The standard InChI is InChI=1S/C14H21NO3/c1-9(12-7-11(16)5-6-14(12)18)15-8-10-3-2-4-13(10)17/h5-7,9-10,13,15-18H,2-4,8H2,1H3. The van der Waals surface area contributed by atoms with E-state index in [1.54, 1.807) is 6.07 Å². The van der Waals surface area contributed by atoms with E-state index in [-0.39, 0.29) is 23.6 Å². The number of aromatic hydroxyl groups is 2. The van der Waals surface area contributed by atoms with Gasteiger partial charge in [0.15, 0.2) is 0 Å². The number of phenols is 2. The van der Waals surface area contributed by atoms with Crippen LogP contribution < -0.4 is 5.32 Å². The van der Waals surface area contributed by atoms with Crippen LogP contribution in [-0.4, -0.2) is 28.0 Å². The van der Waals surface area contributed by atoms with Crippen LogP contribution in [0.1, 0.15) is 37.8 Å². The molecule has 0 spiro atoms. The SMILES string of the molecule is CC(NCC1CCCC1O)c1cc(O)ccc1O. The van der Waals surface area contributed by atoms with E-state index >= 15 is 0 Å². The molecule has 1 fully saturated rings. The number of hydrogen-bond donors (Lipinski definition) is 4. The molecule has 3 unspecified atom stereocenters. The third-order valence-electron chi connectivity index (χ3n) is 3.78. The van der Waals surface area contributed by atoms with E-state index in [2.05, 4.69) is 5.32 Å². The van der Waals surface area contributed by atoms with Crippen molar-refractivity contribution in [2.24, 2.45) is 5.92 Å². The highest BCUT2D eigenvalue weighted by atomic mass is 16.3. The highest BCUT2D eigenvalue weighted by Crippen LogP contribution is 2.29. The molecular weight excluding hydrogens is 230 g/mol. The topological polar surface area (TPSA) is 72.7 Å². The molecule has 4 nitrogen and oxygen atoms in total. The smallest absolute Gasteiger partial charge is 0.120 e. The van der Waals surface area contributed by atoms with Crippen molar-refractivity contribution in [3.63, 3.8) is 0 Å². The van der Waals surface area contributed by atoms with Crippen LogP contribution in [0.5, 0.6) is 11.5 Å². The number of rotatable bonds is 4. The van der Waals surface area contributed by atoms with Crippen LogP contribution in [-0.2, 0) is 0 Å². The largest absolute Gasteiger partial charge is 0.508 e. The normalized spacial score (nSPS) is 25.2. The van der Waals surface area contributed by atoms with Gasteiger partial charge in [-0.3, -0.25) is 0 Å². The molecule has 18 heavy (non-hydrogen) atoms. The van der Waals surface area contributed by atoms with Gasteiger partial charge in [0, 0.05) is 18.2 Å². The molecule has 0 heterocycles. The second-order valence-corrected chi connectivity index (χ2v) is 5.13. The number of hydrogen-bond acceptors (Lipinski definition) is 4. The third-order valence-corrected chi connectivity index (χ3v) is 3.78. The highest BCUT2D eigenvalue weighted by molar-refractivity contribution is 5.40. The van der Waals surface area contributed by atoms with E-state index in [1.807, 2.05) is 6.92 Å². The molecule has 0 aromatic heterocycles. The van der Waals surface area contributed by atoms with E-state index in [4.69, 9.17) is 0 Å². The van der Waals surface area contributed by atoms with Crippen LogP contribution in [0.4, 0.5) is 0 Å². The maximum Gasteiger partial charge on any atom is 0.120 e. The quantitative estimate of drug-likeness (QED) is 0.617. The van der Waals surface area contributed by atoms with Gasteiger partial charge < -0.3 is 20.6 Å². The lowest BCUT2D eigenvalue weighted by atomic mass is 10.0. The summed E-state index contributed by atoms with van der Waals surface area (Å²) in [5.74, 6) is 0.629. The number of nitrogens with one attached hydrogen (secondary N) is 1. The first-order chi connectivity index (χ1) is 8.58. The molecule has 4 N–H and O–H groups in total. The predicted molar refractivity (Wildman–Crippen MR) is 69.5 cm³/mol. The van der Waals surface area contributed by atoms with Gasteiger partial charge >= 0.3 is 0 Å². The maximum absolute atomic E-state index is 9.75. The van der Waals surface area contributed by atoms with E-state index in [9.17, 15) is 15.3 Å². The molecular formula is C14H21NO3. The zero-order valence-electron chi connectivity index (χ0n) is 10.6. The highest BCUT2D eigenvalue weighted by Gasteiger charge is 2.25. The number of phenolic OH excluding ortho intramolecular Hbond substituents is 2. The van der Waals surface area contributed by atoms with Gasteiger partial charge in [0.1, 0.15) is 11.5 Å². The molecule has 1 aromatic rings. The van der Waals surface area contributed by atoms with Gasteiger partial charge in [-0.15, -0.1) is 0 Å². The second-order valence-electron chi connectivity index (χ2n) is 5.13. The van der Waals surface area contributed by atoms with Crippen molar-refractivity contribution in [1.82, 2.24) is 5.32 Å². The summed E-state index contributed by atoms with van der Waals surface area (Å²) in [5.41, 5.74) is 0.683. The summed E-state index contributed by atoms with van der Waals surface area (Å²) in [5, 5.41) is 32.2. The first kappa shape index (κ1) is 13.2. The third kappa shape index (κ3) is 2.94. The average molecular weight is 251 g/mol. The molecule has 1 aromatic carbocycles. The van der Waals surface area contributed by atoms with E-state index in [0.717, 1.165) is 25.8 Å². The lowest BCUT2D eigenvalue weighted by Gasteiger charge is -2.20. The molecule has 0 radical (unpaired) electrons. The molecule has 1 saturated carbocycles. The van der Waals surface area contributed by atoms with Gasteiger partial charge in [-0.25, -0.2) is 0 Å². The van der Waals surface area contributed by atoms with Crippen LogP contribution >= 0.6 is 0 Å². The number of aliphatic hydroxyl groups excluding tert-OH is 1. The molecule has 0 amide bonds. The van der Waals surface area contributed by atoms with Crippen LogP contribution in [0.3, 0.4) is 0 Å². The summed E-state index contributed by atoms with van der Waals surface area (Å²) in [4.78, 5) is 0. The minimum absolute atomic E-state index is 0.0510. The number of aliphatic hydroxyl groups is 1. The van der Waals surface area contributed by atoms with Crippen molar-refractivity contribution in [2.75, 3.05) is 6.54 Å². The molecule has 0 aliphatic heterocycles. The van der Waals surface area contributed by atoms with Gasteiger partial charge in [0.25, 0.3) is 0 Å². The number of benzene rings is 1. The van der Waals surface area contributed by atoms with Gasteiger partial charge in [-0.1, -0.05) is 6.42 Å². The summed E-state index contributed by atoms with van der Waals surface area (Å²) in [6, 6.07) is 4.47. The molecule has 1 aliphatic rings. The van der Waals surface area contributed by atoms with Gasteiger partial charge in [0.05, 0.1) is 6.10 Å². The Morgan fingerprint density at radius 2 is 2.11 bits per heavy atom. The van der Waals surface area contributed by atoms with Gasteiger partial charge in [-0.05, 0) is 43.9 Å². The minimum Gasteiger partial charge on any atom is -0.508 e. The first-order valence-corrected chi connectivity index (χ1v) is 6.51. The molecule has 0 saturated heterocycles. The Balaban J connectivity index is 1.94. The maximum atomic E-state index is 9.75. The summed E-state index contributed by atoms with van der Waals surface area (Å²) in [6.45, 7) is 2.67. The summed E-state index contributed by atoms with van der Waals surface area (Å²) in [6.07, 6.45) is 2.81. The van der Waals surface area contributed by atoms with Crippen LogP contribution in [0.25, 0.3) is 0 Å². The van der Waals surface area contributed by atoms with E-state index in [1.165, 1.54) is 12.1 Å². The molecule has 1 aliphatic carbocycles. The van der Waals surface area contributed by atoms with Crippen molar-refractivity contribution in [3.8, 4) is 11.5 Å². The fourth-order valence-corrected chi connectivity index (χ4v) is 2.58. The Kier molecular flexibility index (Phi) is 4.09. The molecule has 100 valence electrons. The Labute approximate surface area is 107 Å². The van der Waals surface area contributed by atoms with Crippen molar-refractivity contribution in [1.29, 1.82) is 0 Å². The summed E-state index contributed by atoms with van der Waals surface area (Å²) in [7, 11) is 0. The summed E-state index contributed by atoms with van der Waals surface area (Å²) < 4.78 is 0. The van der Waals surface area contributed by atoms with Gasteiger partial charge in [0.2, 0.25) is 0 Å². The van der Waals surface area contributed by atoms with Crippen molar-refractivity contribution >= 4 is 0 Å². The molecule has 3 atom stereocenters. The fourth-order valence-electron chi connectivity index (χ4n) is 2.58. The van der Waals surface area contributed by atoms with E-state index in [0.29, 0.717) is 11.5 Å². The summed E-state index contributed by atoms with van der Waals surface area (Å²) >= 11 is 0. The van der Waals surface area contributed by atoms with Crippen LogP contribution in [0.15, 0.2) is 18.2 Å². The fraction of sp³-hybridized carbons (Fsp3) is 0.571. The second kappa shape index (κ2) is 5.59. The Morgan fingerprint density at radius 3 is 2.78 bits per heavy atom. The Morgan fingerprint density at radius 1 is 1.33 bits per heavy atom. The van der Waals surface area contributed by atoms with Crippen LogP contribution in [0, 0.1) is 5.92 Å². The zero-order valence-corrected chi connectivity index (χ0v) is 10.6. The Bertz CT molecular complexity index is 408. The van der Waals surface area contributed by atoms with Crippen molar-refractivity contribution in [2.45, 2.75) is 38.3 Å². The average Bonchev–Trinajstić information content (AvgIpc) is 2.75. The molecule has 2 rings (SSSR count). The monoisotopic (exact) mass is 251 g/mol. The molecule has 4 heteroatoms. The molecule has 0 bridgehead atoms. The van der Waals surface area contributed by atoms with Crippen molar-refractivity contribution < 1.29 is 15.3 Å². The van der Waals surface area contributed by atoms with Crippen molar-refractivity contribution in [3.05, 3.63) is 23.8 Å². The minimum atomic E-state index is -0.206. The lowest BCUT2D eigenvalue weighted by molar-refractivity contribution is 0.130. The Hall–Kier alpha value is -1.26. The van der Waals surface area contributed by atoms with Gasteiger partial charge in [-0.2, -0.15) is 0 Å².